The zero-order valence-corrected chi connectivity index (χ0v) is 25.2. The topological polar surface area (TPSA) is 204 Å². The zero-order chi connectivity index (χ0) is 32.8. The summed E-state index contributed by atoms with van der Waals surface area (Å²) in [5.74, 6) is -2.94. The first-order chi connectivity index (χ1) is 22.1. The Morgan fingerprint density at radius 2 is 1.63 bits per heavy atom. The molecule has 46 heavy (non-hydrogen) atoms. The van der Waals surface area contributed by atoms with Crippen LogP contribution in [0, 0.1) is 0 Å². The number of para-hydroxylation sites is 1. The number of rotatable bonds is 12. The molecule has 4 N–H and O–H groups in total. The molecule has 1 aromatic carbocycles. The molecule has 0 radical (unpaired) electrons. The third-order valence-electron chi connectivity index (χ3n) is 8.17. The van der Waals surface area contributed by atoms with Gasteiger partial charge in [-0.2, -0.15) is 5.10 Å². The van der Waals surface area contributed by atoms with Gasteiger partial charge < -0.3 is 40.3 Å². The molecule has 1 aliphatic carbocycles. The Labute approximate surface area is 264 Å². The van der Waals surface area contributed by atoms with Gasteiger partial charge in [-0.05, 0) is 44.2 Å². The van der Waals surface area contributed by atoms with Gasteiger partial charge in [-0.15, -0.1) is 0 Å². The number of aromatic nitrogens is 2. The molecule has 1 aromatic heterocycles. The minimum Gasteiger partial charge on any atom is -0.481 e. The Hall–Kier alpha value is -5.15. The van der Waals surface area contributed by atoms with Crippen LogP contribution in [-0.4, -0.2) is 128 Å². The van der Waals surface area contributed by atoms with Crippen molar-refractivity contribution >= 4 is 35.7 Å². The SMILES string of the molecule is O=C(O)CC[C@H](NC(=O)c1cc(OCC(=O)N2CCC[C@H]2C(=O)NC2CC2)n(-c2ccccc2)n1)C(=O)N1CCN(C(=O)O)CC1. The maximum absolute atomic E-state index is 13.4. The molecule has 0 unspecified atom stereocenters. The maximum atomic E-state index is 13.4. The number of carbonyl (C=O) groups is 6. The van der Waals surface area contributed by atoms with Gasteiger partial charge in [-0.1, -0.05) is 18.2 Å². The molecule has 3 aliphatic rings. The second-order valence-corrected chi connectivity index (χ2v) is 11.5. The lowest BCUT2D eigenvalue weighted by atomic mass is 10.1. The maximum Gasteiger partial charge on any atom is 0.407 e. The van der Waals surface area contributed by atoms with E-state index in [9.17, 15) is 39.0 Å². The molecule has 3 heterocycles. The predicted octanol–water partition coefficient (Wildman–Crippen LogP) is 0.306. The highest BCUT2D eigenvalue weighted by Gasteiger charge is 2.37. The summed E-state index contributed by atoms with van der Waals surface area (Å²) in [7, 11) is 0. The van der Waals surface area contributed by atoms with E-state index in [2.05, 4.69) is 15.7 Å². The number of ether oxygens (including phenoxy) is 1. The summed E-state index contributed by atoms with van der Waals surface area (Å²) in [6.45, 7) is 0.386. The number of nitrogens with one attached hydrogen (secondary N) is 2. The van der Waals surface area contributed by atoms with Crippen LogP contribution in [0.15, 0.2) is 36.4 Å². The van der Waals surface area contributed by atoms with Crippen molar-refractivity contribution in [2.45, 2.75) is 56.7 Å². The fourth-order valence-corrected chi connectivity index (χ4v) is 5.51. The molecule has 2 saturated heterocycles. The van der Waals surface area contributed by atoms with E-state index in [1.54, 1.807) is 30.3 Å². The van der Waals surface area contributed by atoms with E-state index < -0.39 is 49.0 Å². The number of hydrogen-bond donors (Lipinski definition) is 4. The van der Waals surface area contributed by atoms with Gasteiger partial charge in [0.1, 0.15) is 12.1 Å². The summed E-state index contributed by atoms with van der Waals surface area (Å²) < 4.78 is 7.20. The summed E-state index contributed by atoms with van der Waals surface area (Å²) in [6, 6.07) is 8.46. The summed E-state index contributed by atoms with van der Waals surface area (Å²) >= 11 is 0. The highest BCUT2D eigenvalue weighted by atomic mass is 16.5. The average molecular weight is 640 g/mol. The normalized spacial score (nSPS) is 18.5. The van der Waals surface area contributed by atoms with Crippen molar-refractivity contribution in [1.29, 1.82) is 0 Å². The van der Waals surface area contributed by atoms with Gasteiger partial charge in [0, 0.05) is 51.3 Å². The van der Waals surface area contributed by atoms with Crippen molar-refractivity contribution in [2.24, 2.45) is 0 Å². The second-order valence-electron chi connectivity index (χ2n) is 11.5. The number of piperazine rings is 1. The first-order valence-electron chi connectivity index (χ1n) is 15.3. The molecule has 16 nitrogen and oxygen atoms in total. The fourth-order valence-electron chi connectivity index (χ4n) is 5.51. The Bertz CT molecular complexity index is 1470. The van der Waals surface area contributed by atoms with Crippen LogP contribution in [-0.2, 0) is 19.2 Å². The van der Waals surface area contributed by atoms with Gasteiger partial charge in [0.25, 0.3) is 11.8 Å². The third kappa shape index (κ3) is 7.92. The first kappa shape index (κ1) is 32.2. The third-order valence-corrected chi connectivity index (χ3v) is 8.17. The van der Waals surface area contributed by atoms with Crippen LogP contribution in [0.2, 0.25) is 0 Å². The van der Waals surface area contributed by atoms with Crippen molar-refractivity contribution in [3.05, 3.63) is 42.1 Å². The molecule has 0 spiro atoms. The van der Waals surface area contributed by atoms with Crippen LogP contribution in [0.5, 0.6) is 5.88 Å². The molecule has 2 aliphatic heterocycles. The highest BCUT2D eigenvalue weighted by Crippen LogP contribution is 2.24. The van der Waals surface area contributed by atoms with E-state index in [0.29, 0.717) is 25.1 Å². The quantitative estimate of drug-likeness (QED) is 0.250. The molecule has 0 bridgehead atoms. The molecule has 5 rings (SSSR count). The summed E-state index contributed by atoms with van der Waals surface area (Å²) in [5, 5.41) is 28.3. The Kier molecular flexibility index (Phi) is 10.0. The lowest BCUT2D eigenvalue weighted by Gasteiger charge is -2.35. The Balaban J connectivity index is 1.29. The monoisotopic (exact) mass is 639 g/mol. The number of likely N-dealkylation sites (tertiary alicyclic amines) is 1. The average Bonchev–Trinajstić information content (AvgIpc) is 3.54. The van der Waals surface area contributed by atoms with Crippen LogP contribution < -0.4 is 15.4 Å². The van der Waals surface area contributed by atoms with Gasteiger partial charge in [-0.3, -0.25) is 24.0 Å². The number of carboxylic acid groups (broad SMARTS) is 2. The van der Waals surface area contributed by atoms with Crippen molar-refractivity contribution < 1.29 is 43.7 Å². The molecule has 2 atom stereocenters. The number of nitrogens with zero attached hydrogens (tertiary/aromatic N) is 5. The van der Waals surface area contributed by atoms with Crippen molar-refractivity contribution in [1.82, 2.24) is 35.1 Å². The largest absolute Gasteiger partial charge is 0.481 e. The standard InChI is InChI=1S/C30H37N7O9/c38-24(36-12-4-7-23(36)28(42)31-19-8-9-19)18-46-25-17-22(33-37(25)20-5-2-1-3-6-20)27(41)32-21(10-11-26(39)40)29(43)34-13-15-35(16-14-34)30(44)45/h1-3,5-6,17,19,21,23H,4,7-16,18H2,(H,31,42)(H,32,41)(H,39,40)(H,44,45)/t21-,23-/m0/s1. The van der Waals surface area contributed by atoms with E-state index in [0.717, 1.165) is 12.8 Å². The zero-order valence-electron chi connectivity index (χ0n) is 25.2. The molecular weight excluding hydrogens is 602 g/mol. The lowest BCUT2D eigenvalue weighted by molar-refractivity contribution is -0.140. The van der Waals surface area contributed by atoms with Crippen LogP contribution in [0.25, 0.3) is 5.69 Å². The Morgan fingerprint density at radius 3 is 2.28 bits per heavy atom. The highest BCUT2D eigenvalue weighted by molar-refractivity contribution is 5.96. The molecule has 2 aromatic rings. The van der Waals surface area contributed by atoms with Gasteiger partial charge in [0.05, 0.1) is 5.69 Å². The van der Waals surface area contributed by atoms with Gasteiger partial charge >= 0.3 is 12.1 Å². The van der Waals surface area contributed by atoms with Gasteiger partial charge in [0.2, 0.25) is 17.7 Å². The van der Waals surface area contributed by atoms with E-state index in [-0.39, 0.29) is 62.0 Å². The number of carbonyl (C=O) groups excluding carboxylic acids is 4. The lowest BCUT2D eigenvalue weighted by Crippen LogP contribution is -2.55. The van der Waals surface area contributed by atoms with E-state index in [1.807, 2.05) is 0 Å². The van der Waals surface area contributed by atoms with Crippen molar-refractivity contribution in [3.8, 4) is 11.6 Å². The number of hydrogen-bond acceptors (Lipinski definition) is 8. The van der Waals surface area contributed by atoms with Crippen LogP contribution in [0.1, 0.15) is 49.0 Å². The predicted molar refractivity (Wildman–Crippen MR) is 159 cm³/mol. The fraction of sp³-hybridized carbons (Fsp3) is 0.500. The van der Waals surface area contributed by atoms with E-state index >= 15 is 0 Å². The molecule has 3 fully saturated rings. The number of aliphatic carboxylic acids is 1. The minimum atomic E-state index is -1.21. The first-order valence-corrected chi connectivity index (χ1v) is 15.3. The summed E-state index contributed by atoms with van der Waals surface area (Å²) in [5.41, 5.74) is 0.389. The molecule has 1 saturated carbocycles. The molecule has 5 amide bonds. The Morgan fingerprint density at radius 1 is 0.935 bits per heavy atom. The van der Waals surface area contributed by atoms with Gasteiger partial charge in [0.15, 0.2) is 12.3 Å². The van der Waals surface area contributed by atoms with Gasteiger partial charge in [-0.25, -0.2) is 9.48 Å². The van der Waals surface area contributed by atoms with Crippen LogP contribution in [0.3, 0.4) is 0 Å². The smallest absolute Gasteiger partial charge is 0.407 e. The number of amides is 5. The summed E-state index contributed by atoms with van der Waals surface area (Å²) in [4.78, 5) is 79.2. The van der Waals surface area contributed by atoms with E-state index in [4.69, 9.17) is 4.74 Å². The van der Waals surface area contributed by atoms with Crippen LogP contribution in [0.4, 0.5) is 4.79 Å². The molecule has 16 heteroatoms. The number of carboxylic acids is 1. The minimum absolute atomic E-state index is 0.0704. The molecule has 246 valence electrons. The van der Waals surface area contributed by atoms with Crippen molar-refractivity contribution in [3.63, 3.8) is 0 Å². The summed E-state index contributed by atoms with van der Waals surface area (Å²) in [6.07, 6.45) is 1.44. The second kappa shape index (κ2) is 14.3. The van der Waals surface area contributed by atoms with E-state index in [1.165, 1.54) is 25.4 Å². The number of benzene rings is 1. The van der Waals surface area contributed by atoms with Crippen LogP contribution >= 0.6 is 0 Å². The molecular formula is C30H37N7O9. The van der Waals surface area contributed by atoms with Crippen molar-refractivity contribution in [2.75, 3.05) is 39.3 Å².